The van der Waals surface area contributed by atoms with Crippen LogP contribution in [0.15, 0.2) is 0 Å². The molecule has 0 saturated carbocycles. The van der Waals surface area contributed by atoms with Crippen molar-refractivity contribution < 1.29 is 27.8 Å². The van der Waals surface area contributed by atoms with Crippen molar-refractivity contribution in [3.63, 3.8) is 0 Å². The van der Waals surface area contributed by atoms with Crippen LogP contribution in [-0.4, -0.2) is 51.2 Å². The van der Waals surface area contributed by atoms with E-state index in [-0.39, 0.29) is 24.9 Å². The summed E-state index contributed by atoms with van der Waals surface area (Å²) in [5.74, 6) is 0.0103. The van der Waals surface area contributed by atoms with E-state index in [1.54, 1.807) is 6.92 Å². The molecule has 0 heterocycles. The maximum atomic E-state index is 12.1. The molecule has 0 N–H and O–H groups in total. The number of carbonyl (C=O) groups excluding carboxylic acids is 1. The topological polar surface area (TPSA) is 75.7 Å². The summed E-state index contributed by atoms with van der Waals surface area (Å²) >= 11 is 0. The molecule has 0 amide bonds. The number of Topliss-reactive ketones (excluding diaryl/α,β-unsaturated/α-hetero) is 1. The van der Waals surface area contributed by atoms with Crippen molar-refractivity contribution in [1.29, 1.82) is 0 Å². The first kappa shape index (κ1) is 36.7. The minimum absolute atomic E-state index is 0.0363. The predicted octanol–water partition coefficient (Wildman–Crippen LogP) is 8.22. The molecule has 0 aliphatic carbocycles. The van der Waals surface area contributed by atoms with E-state index in [1.807, 2.05) is 0 Å². The lowest BCUT2D eigenvalue weighted by Gasteiger charge is -2.27. The second-order valence-electron chi connectivity index (χ2n) is 12.2. The molecule has 0 rings (SSSR count). The normalized spacial score (nSPS) is 14.5. The fourth-order valence-electron chi connectivity index (χ4n) is 4.76. The zero-order chi connectivity index (χ0) is 27.8. The lowest BCUT2D eigenvalue weighted by atomic mass is 9.96. The number of phosphoric ester groups is 1. The number of hydrogen-bond acceptors (Lipinski definition) is 5. The Hall–Kier alpha value is -0.260. The maximum Gasteiger partial charge on any atom is 0.267 e. The molecule has 222 valence electrons. The van der Waals surface area contributed by atoms with E-state index in [0.717, 1.165) is 30.3 Å². The first-order valence-electron chi connectivity index (χ1n) is 15.5. The van der Waals surface area contributed by atoms with Gasteiger partial charge in [0.2, 0.25) is 0 Å². The Kier molecular flexibility index (Phi) is 23.4. The molecule has 0 saturated heterocycles. The van der Waals surface area contributed by atoms with Gasteiger partial charge in [0.05, 0.1) is 40.9 Å². The number of quaternary nitrogens is 1. The number of ketones is 1. The van der Waals surface area contributed by atoms with E-state index in [1.165, 1.54) is 96.3 Å². The van der Waals surface area contributed by atoms with Crippen molar-refractivity contribution in [2.75, 3.05) is 40.9 Å². The fourth-order valence-corrected chi connectivity index (χ4v) is 5.58. The Morgan fingerprint density at radius 3 is 1.57 bits per heavy atom. The number of unbranched alkanes of at least 4 members (excludes halogenated alkanes) is 16. The Morgan fingerprint density at radius 1 is 0.730 bits per heavy atom. The van der Waals surface area contributed by atoms with Crippen LogP contribution in [0.1, 0.15) is 142 Å². The third-order valence-electron chi connectivity index (χ3n) is 6.98. The molecule has 2 atom stereocenters. The summed E-state index contributed by atoms with van der Waals surface area (Å²) in [6, 6.07) is 0. The van der Waals surface area contributed by atoms with Crippen molar-refractivity contribution in [3.05, 3.63) is 0 Å². The highest BCUT2D eigenvalue weighted by molar-refractivity contribution is 7.45. The van der Waals surface area contributed by atoms with Gasteiger partial charge in [-0.15, -0.1) is 0 Å². The van der Waals surface area contributed by atoms with Crippen molar-refractivity contribution in [2.24, 2.45) is 5.92 Å². The lowest BCUT2D eigenvalue weighted by molar-refractivity contribution is -0.870. The highest BCUT2D eigenvalue weighted by atomic mass is 31.2. The van der Waals surface area contributed by atoms with Gasteiger partial charge in [-0.05, 0) is 19.3 Å². The van der Waals surface area contributed by atoms with E-state index >= 15 is 0 Å². The highest BCUT2D eigenvalue weighted by Crippen LogP contribution is 2.39. The summed E-state index contributed by atoms with van der Waals surface area (Å²) in [4.78, 5) is 23.7. The first-order valence-corrected chi connectivity index (χ1v) is 16.9. The summed E-state index contributed by atoms with van der Waals surface area (Å²) < 4.78 is 23.0. The average molecular weight is 548 g/mol. The van der Waals surface area contributed by atoms with Gasteiger partial charge in [-0.3, -0.25) is 4.57 Å². The molecule has 0 bridgehead atoms. The second-order valence-corrected chi connectivity index (χ2v) is 13.6. The number of phosphoric acid groups is 1. The summed E-state index contributed by atoms with van der Waals surface area (Å²) in [5, 5.41) is 0. The van der Waals surface area contributed by atoms with Crippen LogP contribution in [0.25, 0.3) is 0 Å². The Balaban J connectivity index is 3.75. The molecule has 0 spiro atoms. The number of rotatable bonds is 28. The van der Waals surface area contributed by atoms with Crippen molar-refractivity contribution in [1.82, 2.24) is 0 Å². The van der Waals surface area contributed by atoms with Gasteiger partial charge in [0, 0.05) is 12.8 Å². The Bertz CT molecular complexity index is 579. The van der Waals surface area contributed by atoms with Crippen LogP contribution in [0.3, 0.4) is 0 Å². The monoisotopic (exact) mass is 547 g/mol. The minimum atomic E-state index is -4.32. The van der Waals surface area contributed by atoms with Gasteiger partial charge in [-0.25, -0.2) is 0 Å². The quantitative estimate of drug-likeness (QED) is 0.0560. The zero-order valence-corrected chi connectivity index (χ0v) is 26.2. The molecule has 0 aromatic carbocycles. The molecule has 6 nitrogen and oxygen atoms in total. The van der Waals surface area contributed by atoms with Crippen molar-refractivity contribution in [3.8, 4) is 0 Å². The van der Waals surface area contributed by atoms with Crippen molar-refractivity contribution >= 4 is 13.6 Å². The summed E-state index contributed by atoms with van der Waals surface area (Å²) in [7, 11) is 1.85. The van der Waals surface area contributed by atoms with Gasteiger partial charge in [-0.1, -0.05) is 116 Å². The van der Waals surface area contributed by atoms with E-state index in [2.05, 4.69) is 28.1 Å². The molecule has 0 fully saturated rings. The molecule has 0 aliphatic heterocycles. The van der Waals surface area contributed by atoms with Crippen LogP contribution in [0.4, 0.5) is 0 Å². The molecule has 0 aromatic rings. The van der Waals surface area contributed by atoms with Gasteiger partial charge in [0.1, 0.15) is 5.78 Å². The first-order chi connectivity index (χ1) is 17.6. The molecule has 0 radical (unpaired) electrons. The number of nitrogens with zero attached hydrogens (tertiary/aromatic N) is 1. The van der Waals surface area contributed by atoms with Crippen molar-refractivity contribution in [2.45, 2.75) is 142 Å². The third-order valence-corrected chi connectivity index (χ3v) is 7.95. The summed E-state index contributed by atoms with van der Waals surface area (Å²) in [6.45, 7) is 4.82. The van der Waals surface area contributed by atoms with E-state index in [4.69, 9.17) is 9.05 Å². The van der Waals surface area contributed by atoms with Gasteiger partial charge in [-0.2, -0.15) is 0 Å². The summed E-state index contributed by atoms with van der Waals surface area (Å²) in [5.41, 5.74) is 0. The molecule has 0 aromatic heterocycles. The van der Waals surface area contributed by atoms with Crippen LogP contribution >= 0.6 is 7.82 Å². The van der Waals surface area contributed by atoms with Crippen LogP contribution < -0.4 is 4.89 Å². The van der Waals surface area contributed by atoms with Crippen LogP contribution in [0.2, 0.25) is 0 Å². The Labute approximate surface area is 230 Å². The smallest absolute Gasteiger partial charge is 0.267 e. The van der Waals surface area contributed by atoms with Crippen LogP contribution in [-0.2, 0) is 18.4 Å². The van der Waals surface area contributed by atoms with Gasteiger partial charge in [0.25, 0.3) is 7.82 Å². The molecule has 2 unspecified atom stereocenters. The van der Waals surface area contributed by atoms with E-state index in [0.29, 0.717) is 12.8 Å². The molecular weight excluding hydrogens is 485 g/mol. The zero-order valence-electron chi connectivity index (χ0n) is 25.3. The standard InChI is InChI=1S/C30H62NO5P/c1-6-7-8-9-10-11-12-13-14-15-16-17-18-19-20-21-22-24-30(27-29(2)32)28-36-37(33,34)35-26-23-25-31(3,4)5/h30H,6-28H2,1-5H3. The van der Waals surface area contributed by atoms with E-state index < -0.39 is 7.82 Å². The minimum Gasteiger partial charge on any atom is -0.756 e. The SMILES string of the molecule is CCCCCCCCCCCCCCCCCCCC(COP(=O)([O-])OCCC[N+](C)(C)C)CC(C)=O. The number of hydrogen-bond donors (Lipinski definition) is 0. The number of carbonyl (C=O) groups is 1. The summed E-state index contributed by atoms with van der Waals surface area (Å²) in [6.07, 6.45) is 24.5. The fraction of sp³-hybridized carbons (Fsp3) is 0.967. The third kappa shape index (κ3) is 28.6. The van der Waals surface area contributed by atoms with Gasteiger partial charge >= 0.3 is 0 Å². The molecule has 0 aliphatic rings. The maximum absolute atomic E-state index is 12.1. The van der Waals surface area contributed by atoms with Crippen LogP contribution in [0, 0.1) is 5.92 Å². The lowest BCUT2D eigenvalue weighted by Crippen LogP contribution is -2.35. The van der Waals surface area contributed by atoms with E-state index in [9.17, 15) is 14.3 Å². The van der Waals surface area contributed by atoms with Crippen LogP contribution in [0.5, 0.6) is 0 Å². The highest BCUT2D eigenvalue weighted by Gasteiger charge is 2.17. The molecule has 37 heavy (non-hydrogen) atoms. The molecular formula is C30H62NO5P. The Morgan fingerprint density at radius 2 is 1.16 bits per heavy atom. The van der Waals surface area contributed by atoms with Gasteiger partial charge < -0.3 is 23.2 Å². The largest absolute Gasteiger partial charge is 0.756 e. The second kappa shape index (κ2) is 23.6. The predicted molar refractivity (Wildman–Crippen MR) is 155 cm³/mol. The molecule has 7 heteroatoms. The average Bonchev–Trinajstić information content (AvgIpc) is 2.81. The van der Waals surface area contributed by atoms with Gasteiger partial charge in [0.15, 0.2) is 0 Å².